The van der Waals surface area contributed by atoms with E-state index in [1.54, 1.807) is 11.8 Å². The highest BCUT2D eigenvalue weighted by atomic mass is 19.3. The smallest absolute Gasteiger partial charge is 0.239 e. The molecule has 2 nitrogen and oxygen atoms in total. The van der Waals surface area contributed by atoms with Gasteiger partial charge in [-0.1, -0.05) is 13.8 Å². The highest BCUT2D eigenvalue weighted by molar-refractivity contribution is 5.78. The van der Waals surface area contributed by atoms with Crippen molar-refractivity contribution in [2.75, 3.05) is 13.1 Å². The number of halogens is 2. The molecule has 1 atom stereocenters. The molecular formula is C11H19F2NO. The fourth-order valence-corrected chi connectivity index (χ4v) is 1.91. The van der Waals surface area contributed by atoms with E-state index in [1.165, 1.54) is 0 Å². The second-order valence-corrected chi connectivity index (χ2v) is 4.54. The first-order valence-electron chi connectivity index (χ1n) is 5.57. The van der Waals surface area contributed by atoms with E-state index in [0.717, 1.165) is 25.9 Å². The molecule has 15 heavy (non-hydrogen) atoms. The lowest BCUT2D eigenvalue weighted by molar-refractivity contribution is -0.137. The van der Waals surface area contributed by atoms with Crippen LogP contribution >= 0.6 is 0 Å². The van der Waals surface area contributed by atoms with Crippen molar-refractivity contribution in [3.8, 4) is 0 Å². The lowest BCUT2D eigenvalue weighted by Gasteiger charge is -2.32. The summed E-state index contributed by atoms with van der Waals surface area (Å²) in [6, 6.07) is 0. The Morgan fingerprint density at radius 1 is 1.40 bits per heavy atom. The van der Waals surface area contributed by atoms with Gasteiger partial charge < -0.3 is 4.90 Å². The van der Waals surface area contributed by atoms with Gasteiger partial charge >= 0.3 is 0 Å². The van der Waals surface area contributed by atoms with Crippen molar-refractivity contribution in [2.24, 2.45) is 11.8 Å². The van der Waals surface area contributed by atoms with Crippen LogP contribution in [0.4, 0.5) is 8.78 Å². The molecule has 0 aromatic carbocycles. The quantitative estimate of drug-likeness (QED) is 0.714. The maximum atomic E-state index is 12.1. The Hall–Kier alpha value is -0.670. The summed E-state index contributed by atoms with van der Waals surface area (Å²) >= 11 is 0. The van der Waals surface area contributed by atoms with Crippen molar-refractivity contribution in [3.63, 3.8) is 0 Å². The number of amides is 1. The van der Waals surface area contributed by atoms with Crippen LogP contribution in [0.3, 0.4) is 0 Å². The van der Waals surface area contributed by atoms with E-state index in [0.29, 0.717) is 5.92 Å². The topological polar surface area (TPSA) is 20.3 Å². The molecule has 1 rings (SSSR count). The van der Waals surface area contributed by atoms with Crippen molar-refractivity contribution in [3.05, 3.63) is 0 Å². The summed E-state index contributed by atoms with van der Waals surface area (Å²) in [7, 11) is 0. The molecule has 1 heterocycles. The third-order valence-corrected chi connectivity index (χ3v) is 3.05. The van der Waals surface area contributed by atoms with Crippen LogP contribution in [-0.2, 0) is 4.79 Å². The highest BCUT2D eigenvalue weighted by Crippen LogP contribution is 2.20. The predicted octanol–water partition coefficient (Wildman–Crippen LogP) is 2.54. The average molecular weight is 219 g/mol. The lowest BCUT2D eigenvalue weighted by atomic mass is 9.97. The normalized spacial score (nSPS) is 20.7. The number of alkyl halides is 2. The van der Waals surface area contributed by atoms with Crippen LogP contribution in [0.25, 0.3) is 0 Å². The van der Waals surface area contributed by atoms with Crippen LogP contribution in [-0.4, -0.2) is 30.3 Å². The molecule has 0 unspecified atom stereocenters. The number of rotatable bonds is 3. The zero-order valence-electron chi connectivity index (χ0n) is 9.38. The lowest BCUT2D eigenvalue weighted by Crippen LogP contribution is -2.41. The third kappa shape index (κ3) is 3.76. The fraction of sp³-hybridized carbons (Fsp3) is 0.909. The molecule has 0 bridgehead atoms. The van der Waals surface area contributed by atoms with Gasteiger partial charge in [0.2, 0.25) is 12.3 Å². The van der Waals surface area contributed by atoms with E-state index in [9.17, 15) is 13.6 Å². The highest BCUT2D eigenvalue weighted by Gasteiger charge is 2.26. The molecular weight excluding hydrogens is 200 g/mol. The van der Waals surface area contributed by atoms with Crippen LogP contribution in [0, 0.1) is 11.8 Å². The van der Waals surface area contributed by atoms with E-state index in [-0.39, 0.29) is 12.3 Å². The van der Waals surface area contributed by atoms with Crippen LogP contribution in [0.15, 0.2) is 0 Å². The zero-order valence-corrected chi connectivity index (χ0v) is 9.38. The fourth-order valence-electron chi connectivity index (χ4n) is 1.91. The van der Waals surface area contributed by atoms with Crippen LogP contribution in [0.5, 0.6) is 0 Å². The molecule has 1 aliphatic heterocycles. The molecule has 0 aliphatic carbocycles. The number of carbonyl (C=O) groups excluding carboxylic acids is 1. The zero-order chi connectivity index (χ0) is 11.4. The van der Waals surface area contributed by atoms with E-state index >= 15 is 0 Å². The molecule has 0 spiro atoms. The monoisotopic (exact) mass is 219 g/mol. The number of hydrogen-bond donors (Lipinski definition) is 0. The van der Waals surface area contributed by atoms with E-state index < -0.39 is 12.3 Å². The SMILES string of the molecule is CC1CCN(C(=O)[C@@H](C)CC(F)F)CC1. The van der Waals surface area contributed by atoms with E-state index in [1.807, 2.05) is 0 Å². The van der Waals surface area contributed by atoms with Gasteiger partial charge in [-0.3, -0.25) is 4.79 Å². The van der Waals surface area contributed by atoms with E-state index in [4.69, 9.17) is 0 Å². The largest absolute Gasteiger partial charge is 0.342 e. The van der Waals surface area contributed by atoms with Gasteiger partial charge in [-0.15, -0.1) is 0 Å². The van der Waals surface area contributed by atoms with Gasteiger partial charge in [0, 0.05) is 25.4 Å². The molecule has 0 aromatic heterocycles. The van der Waals surface area contributed by atoms with E-state index in [2.05, 4.69) is 6.92 Å². The molecule has 0 radical (unpaired) electrons. The van der Waals surface area contributed by atoms with Crippen LogP contribution in [0.2, 0.25) is 0 Å². The van der Waals surface area contributed by atoms with Crippen LogP contribution in [0.1, 0.15) is 33.1 Å². The Balaban J connectivity index is 2.39. The molecule has 1 amide bonds. The van der Waals surface area contributed by atoms with Gasteiger partial charge in [-0.05, 0) is 18.8 Å². The number of piperidine rings is 1. The van der Waals surface area contributed by atoms with Crippen molar-refractivity contribution < 1.29 is 13.6 Å². The molecule has 0 aromatic rings. The summed E-state index contributed by atoms with van der Waals surface area (Å²) in [6.07, 6.45) is -0.710. The number of nitrogens with zero attached hydrogens (tertiary/aromatic N) is 1. The summed E-state index contributed by atoms with van der Waals surface area (Å²) in [5.74, 6) is 0.0000565. The van der Waals surface area contributed by atoms with Crippen molar-refractivity contribution in [2.45, 2.75) is 39.5 Å². The number of carbonyl (C=O) groups is 1. The summed E-state index contributed by atoms with van der Waals surface area (Å²) in [5, 5.41) is 0. The maximum Gasteiger partial charge on any atom is 0.239 e. The average Bonchev–Trinajstić information content (AvgIpc) is 2.17. The Bertz CT molecular complexity index is 213. The molecule has 0 saturated carbocycles. The second-order valence-electron chi connectivity index (χ2n) is 4.54. The van der Waals surface area contributed by atoms with Crippen molar-refractivity contribution >= 4 is 5.91 Å². The molecule has 0 N–H and O–H groups in total. The van der Waals surface area contributed by atoms with Gasteiger partial charge in [-0.2, -0.15) is 0 Å². The summed E-state index contributed by atoms with van der Waals surface area (Å²) in [5.41, 5.74) is 0. The van der Waals surface area contributed by atoms with Crippen molar-refractivity contribution in [1.82, 2.24) is 4.90 Å². The minimum absolute atomic E-state index is 0.109. The Morgan fingerprint density at radius 3 is 2.40 bits per heavy atom. The van der Waals surface area contributed by atoms with Gasteiger partial charge in [0.15, 0.2) is 0 Å². The van der Waals surface area contributed by atoms with Gasteiger partial charge in [0.05, 0.1) is 0 Å². The Labute approximate surface area is 89.6 Å². The van der Waals surface area contributed by atoms with Crippen molar-refractivity contribution in [1.29, 1.82) is 0 Å². The molecule has 1 fully saturated rings. The summed E-state index contributed by atoms with van der Waals surface area (Å²) < 4.78 is 24.2. The maximum absolute atomic E-state index is 12.1. The minimum atomic E-state index is -2.38. The summed E-state index contributed by atoms with van der Waals surface area (Å²) in [4.78, 5) is 13.5. The van der Waals surface area contributed by atoms with Gasteiger partial charge in [0.25, 0.3) is 0 Å². The molecule has 1 saturated heterocycles. The minimum Gasteiger partial charge on any atom is -0.342 e. The van der Waals surface area contributed by atoms with Gasteiger partial charge in [-0.25, -0.2) is 8.78 Å². The molecule has 4 heteroatoms. The molecule has 88 valence electrons. The second kappa shape index (κ2) is 5.42. The third-order valence-electron chi connectivity index (χ3n) is 3.05. The first-order chi connectivity index (χ1) is 7.00. The Kier molecular flexibility index (Phi) is 4.48. The van der Waals surface area contributed by atoms with Crippen LogP contribution < -0.4 is 0 Å². The van der Waals surface area contributed by atoms with Gasteiger partial charge in [0.1, 0.15) is 0 Å². The molecule has 1 aliphatic rings. The number of hydrogen-bond acceptors (Lipinski definition) is 1. The Morgan fingerprint density at radius 2 is 1.93 bits per heavy atom. The summed E-state index contributed by atoms with van der Waals surface area (Å²) in [6.45, 7) is 5.21. The number of likely N-dealkylation sites (tertiary alicyclic amines) is 1. The predicted molar refractivity (Wildman–Crippen MR) is 54.8 cm³/mol. The first-order valence-corrected chi connectivity index (χ1v) is 5.57. The first kappa shape index (κ1) is 12.4. The standard InChI is InChI=1S/C11H19F2NO/c1-8-3-5-14(6-4-8)11(15)9(2)7-10(12)13/h8-10H,3-7H2,1-2H3/t9-/m0/s1.